The number of nitrogens with zero attached hydrogens (tertiary/aromatic N) is 1. The second kappa shape index (κ2) is 6.14. The molecule has 6 nitrogen and oxygen atoms in total. The summed E-state index contributed by atoms with van der Waals surface area (Å²) < 4.78 is 25.9. The van der Waals surface area contributed by atoms with Crippen LogP contribution in [-0.4, -0.2) is 43.4 Å². The van der Waals surface area contributed by atoms with Gasteiger partial charge in [0, 0.05) is 20.0 Å². The lowest BCUT2D eigenvalue weighted by Gasteiger charge is -2.23. The van der Waals surface area contributed by atoms with Crippen LogP contribution in [0, 0.1) is 0 Å². The zero-order chi connectivity index (χ0) is 14.6. The van der Waals surface area contributed by atoms with Crippen LogP contribution in [0.15, 0.2) is 29.2 Å². The molecule has 1 amide bonds. The predicted octanol–water partition coefficient (Wildman–Crippen LogP) is 0.646. The van der Waals surface area contributed by atoms with Gasteiger partial charge in [0.25, 0.3) is 0 Å². The zero-order valence-electron chi connectivity index (χ0n) is 11.1. The number of amides is 1. The number of sulfonamides is 1. The van der Waals surface area contributed by atoms with E-state index in [0.29, 0.717) is 0 Å². The van der Waals surface area contributed by atoms with E-state index in [4.69, 9.17) is 5.11 Å². The highest BCUT2D eigenvalue weighted by molar-refractivity contribution is 7.89. The first kappa shape index (κ1) is 15.6. The summed E-state index contributed by atoms with van der Waals surface area (Å²) in [5.41, 5.74) is 0.229. The van der Waals surface area contributed by atoms with Crippen LogP contribution >= 0.6 is 0 Å². The molecule has 19 heavy (non-hydrogen) atoms. The van der Waals surface area contributed by atoms with Gasteiger partial charge in [-0.1, -0.05) is 12.1 Å². The molecule has 0 saturated carbocycles. The van der Waals surface area contributed by atoms with E-state index in [-0.39, 0.29) is 23.1 Å². The van der Waals surface area contributed by atoms with Crippen molar-refractivity contribution in [1.82, 2.24) is 4.31 Å². The average Bonchev–Trinajstić information content (AvgIpc) is 2.36. The van der Waals surface area contributed by atoms with Gasteiger partial charge in [-0.25, -0.2) is 8.42 Å². The second-order valence-electron chi connectivity index (χ2n) is 4.23. The summed E-state index contributed by atoms with van der Waals surface area (Å²) in [6, 6.07) is 5.61. The molecule has 1 aromatic rings. The normalized spacial score (nSPS) is 13.3. The summed E-state index contributed by atoms with van der Waals surface area (Å²) in [4.78, 5) is 11.1. The summed E-state index contributed by atoms with van der Waals surface area (Å²) in [5, 5.41) is 11.5. The van der Waals surface area contributed by atoms with Crippen LogP contribution in [0.25, 0.3) is 0 Å². The smallest absolute Gasteiger partial charge is 0.245 e. The van der Waals surface area contributed by atoms with Gasteiger partial charge in [0.05, 0.1) is 12.3 Å². The lowest BCUT2D eigenvalue weighted by atomic mass is 10.3. The van der Waals surface area contributed by atoms with Crippen molar-refractivity contribution in [2.45, 2.75) is 24.8 Å². The Morgan fingerprint density at radius 1 is 1.42 bits per heavy atom. The molecule has 0 radical (unpaired) electrons. The number of hydrogen-bond acceptors (Lipinski definition) is 4. The van der Waals surface area contributed by atoms with E-state index in [1.54, 1.807) is 19.1 Å². The van der Waals surface area contributed by atoms with Crippen molar-refractivity contribution in [2.24, 2.45) is 0 Å². The van der Waals surface area contributed by atoms with E-state index in [1.165, 1.54) is 26.1 Å². The number of para-hydroxylation sites is 1. The number of aliphatic hydroxyl groups is 1. The number of carbonyl (C=O) groups is 1. The van der Waals surface area contributed by atoms with Crippen molar-refractivity contribution in [3.63, 3.8) is 0 Å². The van der Waals surface area contributed by atoms with E-state index in [0.717, 1.165) is 4.31 Å². The molecular formula is C12H18N2O4S. The minimum atomic E-state index is -3.77. The van der Waals surface area contributed by atoms with Gasteiger partial charge in [-0.2, -0.15) is 4.31 Å². The Kier molecular flexibility index (Phi) is 5.04. The number of anilines is 1. The average molecular weight is 286 g/mol. The molecule has 1 unspecified atom stereocenters. The molecule has 0 aliphatic heterocycles. The fourth-order valence-electron chi connectivity index (χ4n) is 1.49. The first-order chi connectivity index (χ1) is 8.80. The lowest BCUT2D eigenvalue weighted by Crippen LogP contribution is -2.37. The molecule has 0 aromatic heterocycles. The third-order valence-electron chi connectivity index (χ3n) is 2.74. The number of nitrogens with one attached hydrogen (secondary N) is 1. The molecule has 0 bridgehead atoms. The molecule has 0 fully saturated rings. The molecule has 0 spiro atoms. The van der Waals surface area contributed by atoms with E-state index in [2.05, 4.69) is 5.32 Å². The Morgan fingerprint density at radius 3 is 2.53 bits per heavy atom. The maximum Gasteiger partial charge on any atom is 0.245 e. The van der Waals surface area contributed by atoms with E-state index in [9.17, 15) is 13.2 Å². The van der Waals surface area contributed by atoms with Crippen LogP contribution in [0.3, 0.4) is 0 Å². The number of carbonyl (C=O) groups excluding carboxylic acids is 1. The number of likely N-dealkylation sites (N-methyl/N-ethyl adjacent to an activating group) is 1. The summed E-state index contributed by atoms with van der Waals surface area (Å²) >= 11 is 0. The van der Waals surface area contributed by atoms with Crippen LogP contribution in [0.2, 0.25) is 0 Å². The number of rotatable bonds is 5. The van der Waals surface area contributed by atoms with Gasteiger partial charge in [-0.15, -0.1) is 0 Å². The van der Waals surface area contributed by atoms with Crippen molar-refractivity contribution in [2.75, 3.05) is 19.0 Å². The van der Waals surface area contributed by atoms with Crippen molar-refractivity contribution in [1.29, 1.82) is 0 Å². The highest BCUT2D eigenvalue weighted by Crippen LogP contribution is 2.24. The Morgan fingerprint density at radius 2 is 2.00 bits per heavy atom. The molecule has 0 aliphatic rings. The van der Waals surface area contributed by atoms with Crippen LogP contribution < -0.4 is 5.32 Å². The van der Waals surface area contributed by atoms with Gasteiger partial charge in [0.1, 0.15) is 4.90 Å². The third kappa shape index (κ3) is 3.52. The first-order valence-electron chi connectivity index (χ1n) is 5.76. The van der Waals surface area contributed by atoms with E-state index >= 15 is 0 Å². The molecule has 1 rings (SSSR count). The summed E-state index contributed by atoms with van der Waals surface area (Å²) in [6.45, 7) is 2.63. The fourth-order valence-corrected chi connectivity index (χ4v) is 2.99. The van der Waals surface area contributed by atoms with Crippen molar-refractivity contribution in [3.05, 3.63) is 24.3 Å². The van der Waals surface area contributed by atoms with Gasteiger partial charge < -0.3 is 10.4 Å². The molecular weight excluding hydrogens is 268 g/mol. The van der Waals surface area contributed by atoms with E-state index in [1.807, 2.05) is 0 Å². The second-order valence-corrected chi connectivity index (χ2v) is 6.20. The molecule has 0 heterocycles. The van der Waals surface area contributed by atoms with Crippen LogP contribution in [0.5, 0.6) is 0 Å². The van der Waals surface area contributed by atoms with Gasteiger partial charge in [-0.05, 0) is 19.1 Å². The molecule has 1 aromatic carbocycles. The molecule has 0 aliphatic carbocycles. The third-order valence-corrected chi connectivity index (χ3v) is 4.77. The van der Waals surface area contributed by atoms with Crippen LogP contribution in [0.4, 0.5) is 5.69 Å². The lowest BCUT2D eigenvalue weighted by molar-refractivity contribution is -0.114. The van der Waals surface area contributed by atoms with Crippen molar-refractivity contribution in [3.8, 4) is 0 Å². The standard InChI is InChI=1S/C12H18N2O4S/c1-9(8-15)14(3)19(17,18)12-7-5-4-6-11(12)13-10(2)16/h4-7,9,15H,8H2,1-3H3,(H,13,16). The molecule has 106 valence electrons. The number of hydrogen-bond donors (Lipinski definition) is 2. The zero-order valence-corrected chi connectivity index (χ0v) is 11.9. The Bertz CT molecular complexity index is 557. The Labute approximate surface area is 113 Å². The summed E-state index contributed by atoms with van der Waals surface area (Å²) in [5.74, 6) is -0.347. The van der Waals surface area contributed by atoms with Gasteiger partial charge in [-0.3, -0.25) is 4.79 Å². The SMILES string of the molecule is CC(=O)Nc1ccccc1S(=O)(=O)N(C)C(C)CO. The number of aliphatic hydroxyl groups excluding tert-OH is 1. The van der Waals surface area contributed by atoms with Gasteiger partial charge >= 0.3 is 0 Å². The maximum atomic E-state index is 12.4. The van der Waals surface area contributed by atoms with E-state index < -0.39 is 16.1 Å². The highest BCUT2D eigenvalue weighted by Gasteiger charge is 2.27. The molecule has 0 saturated heterocycles. The largest absolute Gasteiger partial charge is 0.395 e. The first-order valence-corrected chi connectivity index (χ1v) is 7.20. The van der Waals surface area contributed by atoms with Crippen LogP contribution in [0.1, 0.15) is 13.8 Å². The van der Waals surface area contributed by atoms with Gasteiger partial charge in [0.2, 0.25) is 15.9 Å². The van der Waals surface area contributed by atoms with Gasteiger partial charge in [0.15, 0.2) is 0 Å². The fraction of sp³-hybridized carbons (Fsp3) is 0.417. The number of benzene rings is 1. The minimum absolute atomic E-state index is 0.00741. The molecule has 7 heteroatoms. The Hall–Kier alpha value is -1.44. The summed E-state index contributed by atoms with van der Waals surface area (Å²) in [7, 11) is -2.38. The molecule has 2 N–H and O–H groups in total. The maximum absolute atomic E-state index is 12.4. The quantitative estimate of drug-likeness (QED) is 0.832. The van der Waals surface area contributed by atoms with Crippen molar-refractivity contribution < 1.29 is 18.3 Å². The summed E-state index contributed by atoms with van der Waals surface area (Å²) in [6.07, 6.45) is 0. The van der Waals surface area contributed by atoms with Crippen LogP contribution in [-0.2, 0) is 14.8 Å². The topological polar surface area (TPSA) is 86.7 Å². The monoisotopic (exact) mass is 286 g/mol. The Balaban J connectivity index is 3.25. The predicted molar refractivity (Wildman–Crippen MR) is 72.2 cm³/mol. The molecule has 1 atom stereocenters. The highest BCUT2D eigenvalue weighted by atomic mass is 32.2. The van der Waals surface area contributed by atoms with Crippen molar-refractivity contribution >= 4 is 21.6 Å². The minimum Gasteiger partial charge on any atom is -0.395 e.